The number of anilines is 1. The van der Waals surface area contributed by atoms with E-state index in [1.807, 2.05) is 41.0 Å². The third-order valence-corrected chi connectivity index (χ3v) is 5.56. The van der Waals surface area contributed by atoms with Gasteiger partial charge in [0.25, 0.3) is 5.91 Å². The number of carbonyl (C=O) groups is 2. The van der Waals surface area contributed by atoms with E-state index < -0.39 is 0 Å². The Hall–Kier alpha value is -2.08. The average Bonchev–Trinajstić information content (AvgIpc) is 2.74. The summed E-state index contributed by atoms with van der Waals surface area (Å²) in [6, 6.07) is 7.81. The first-order chi connectivity index (χ1) is 13.2. The van der Waals surface area contributed by atoms with E-state index in [4.69, 9.17) is 4.74 Å². The first-order valence-electron chi connectivity index (χ1n) is 10.2. The molecule has 148 valence electrons. The van der Waals surface area contributed by atoms with Gasteiger partial charge in [-0.3, -0.25) is 9.59 Å². The van der Waals surface area contributed by atoms with Crippen LogP contribution in [-0.4, -0.2) is 67.0 Å². The van der Waals surface area contributed by atoms with Gasteiger partial charge in [0.15, 0.2) is 0 Å². The quantitative estimate of drug-likeness (QED) is 0.833. The highest BCUT2D eigenvalue weighted by Crippen LogP contribution is 2.23. The maximum atomic E-state index is 12.8. The molecular formula is C21H31N3O3. The van der Waals surface area contributed by atoms with Crippen molar-refractivity contribution < 1.29 is 14.3 Å². The lowest BCUT2D eigenvalue weighted by molar-refractivity contribution is -0.132. The molecular weight excluding hydrogens is 342 g/mol. The molecule has 1 aliphatic heterocycles. The van der Waals surface area contributed by atoms with Gasteiger partial charge >= 0.3 is 0 Å². The molecule has 6 nitrogen and oxygen atoms in total. The molecule has 1 heterocycles. The van der Waals surface area contributed by atoms with E-state index in [1.165, 1.54) is 19.3 Å². The van der Waals surface area contributed by atoms with E-state index in [-0.39, 0.29) is 18.4 Å². The van der Waals surface area contributed by atoms with Crippen molar-refractivity contribution in [3.63, 3.8) is 0 Å². The van der Waals surface area contributed by atoms with E-state index in [9.17, 15) is 9.59 Å². The molecule has 1 aromatic rings. The number of carbonyl (C=O) groups excluding carboxylic acids is 2. The number of ether oxygens (including phenoxy) is 1. The zero-order chi connectivity index (χ0) is 19.1. The smallest absolute Gasteiger partial charge is 0.256 e. The van der Waals surface area contributed by atoms with Crippen LogP contribution in [0.2, 0.25) is 0 Å². The van der Waals surface area contributed by atoms with Gasteiger partial charge in [0.2, 0.25) is 5.91 Å². The van der Waals surface area contributed by atoms with Crippen molar-refractivity contribution >= 4 is 17.5 Å². The number of para-hydroxylation sites is 1. The predicted octanol–water partition coefficient (Wildman–Crippen LogP) is 2.75. The highest BCUT2D eigenvalue weighted by atomic mass is 16.5. The van der Waals surface area contributed by atoms with Crippen molar-refractivity contribution in [3.05, 3.63) is 29.8 Å². The first kappa shape index (κ1) is 19.7. The number of amides is 2. The number of rotatable bonds is 6. The number of nitrogens with one attached hydrogen (secondary N) is 1. The van der Waals surface area contributed by atoms with Crippen LogP contribution < -0.4 is 5.32 Å². The molecule has 1 N–H and O–H groups in total. The van der Waals surface area contributed by atoms with Crippen molar-refractivity contribution in [3.8, 4) is 0 Å². The maximum Gasteiger partial charge on any atom is 0.256 e. The lowest BCUT2D eigenvalue weighted by Gasteiger charge is -2.34. The van der Waals surface area contributed by atoms with Crippen LogP contribution in [0.15, 0.2) is 24.3 Å². The third kappa shape index (κ3) is 5.01. The number of morpholine rings is 1. The second-order valence-electron chi connectivity index (χ2n) is 7.28. The normalized spacial score (nSPS) is 18.2. The summed E-state index contributed by atoms with van der Waals surface area (Å²) in [5.74, 6) is 0.103. The number of nitrogens with zero attached hydrogens (tertiary/aromatic N) is 2. The van der Waals surface area contributed by atoms with Gasteiger partial charge in [-0.15, -0.1) is 0 Å². The monoisotopic (exact) mass is 373 g/mol. The predicted molar refractivity (Wildman–Crippen MR) is 106 cm³/mol. The van der Waals surface area contributed by atoms with Crippen LogP contribution in [0.4, 0.5) is 5.69 Å². The lowest BCUT2D eigenvalue weighted by atomic mass is 9.94. The van der Waals surface area contributed by atoms with Gasteiger partial charge in [-0.1, -0.05) is 31.4 Å². The van der Waals surface area contributed by atoms with Crippen molar-refractivity contribution in [2.75, 3.05) is 44.7 Å². The SMILES string of the molecule is CCN(C(=O)CNc1ccccc1C(=O)N1CCOCC1)C1CCCCC1. The lowest BCUT2D eigenvalue weighted by Crippen LogP contribution is -2.44. The summed E-state index contributed by atoms with van der Waals surface area (Å²) in [5, 5.41) is 3.22. The fourth-order valence-corrected chi connectivity index (χ4v) is 4.06. The van der Waals surface area contributed by atoms with Crippen LogP contribution in [0.25, 0.3) is 0 Å². The molecule has 27 heavy (non-hydrogen) atoms. The summed E-state index contributed by atoms with van der Waals surface area (Å²) in [6.45, 7) is 5.37. The molecule has 2 amide bonds. The molecule has 0 bridgehead atoms. The van der Waals surface area contributed by atoms with Crippen molar-refractivity contribution in [1.29, 1.82) is 0 Å². The van der Waals surface area contributed by atoms with Gasteiger partial charge in [-0.2, -0.15) is 0 Å². The fourth-order valence-electron chi connectivity index (χ4n) is 4.06. The first-order valence-corrected chi connectivity index (χ1v) is 10.2. The molecule has 1 aliphatic carbocycles. The summed E-state index contributed by atoms with van der Waals surface area (Å²) in [5.41, 5.74) is 1.34. The van der Waals surface area contributed by atoms with Gasteiger partial charge in [-0.25, -0.2) is 0 Å². The number of hydrogen-bond acceptors (Lipinski definition) is 4. The Morgan fingerprint density at radius 3 is 2.56 bits per heavy atom. The summed E-state index contributed by atoms with van der Waals surface area (Å²) < 4.78 is 5.33. The van der Waals surface area contributed by atoms with Crippen LogP contribution in [0.1, 0.15) is 49.4 Å². The zero-order valence-electron chi connectivity index (χ0n) is 16.3. The van der Waals surface area contributed by atoms with Crippen LogP contribution >= 0.6 is 0 Å². The molecule has 2 fully saturated rings. The van der Waals surface area contributed by atoms with Gasteiger partial charge in [0, 0.05) is 31.4 Å². The fraction of sp³-hybridized carbons (Fsp3) is 0.619. The highest BCUT2D eigenvalue weighted by Gasteiger charge is 2.25. The molecule has 0 spiro atoms. The minimum absolute atomic E-state index is 0.00604. The van der Waals surface area contributed by atoms with Crippen molar-refractivity contribution in [1.82, 2.24) is 9.80 Å². The molecule has 2 aliphatic rings. The Morgan fingerprint density at radius 1 is 1.15 bits per heavy atom. The third-order valence-electron chi connectivity index (χ3n) is 5.56. The molecule has 1 saturated carbocycles. The van der Waals surface area contributed by atoms with E-state index in [2.05, 4.69) is 5.32 Å². The van der Waals surface area contributed by atoms with E-state index >= 15 is 0 Å². The van der Waals surface area contributed by atoms with Gasteiger partial charge in [-0.05, 0) is 31.9 Å². The molecule has 3 rings (SSSR count). The van der Waals surface area contributed by atoms with Crippen molar-refractivity contribution in [2.45, 2.75) is 45.1 Å². The van der Waals surface area contributed by atoms with E-state index in [0.717, 1.165) is 25.1 Å². The average molecular weight is 373 g/mol. The second-order valence-corrected chi connectivity index (χ2v) is 7.28. The van der Waals surface area contributed by atoms with E-state index in [1.54, 1.807) is 0 Å². The van der Waals surface area contributed by atoms with Gasteiger partial charge in [0.05, 0.1) is 25.3 Å². The molecule has 1 saturated heterocycles. The summed E-state index contributed by atoms with van der Waals surface area (Å²) in [4.78, 5) is 29.4. The number of hydrogen-bond donors (Lipinski definition) is 1. The Labute approximate surface area is 161 Å². The zero-order valence-corrected chi connectivity index (χ0v) is 16.3. The summed E-state index contributed by atoms with van der Waals surface area (Å²) in [7, 11) is 0. The minimum atomic E-state index is -0.00604. The Morgan fingerprint density at radius 2 is 1.85 bits per heavy atom. The topological polar surface area (TPSA) is 61.9 Å². The van der Waals surface area contributed by atoms with Crippen molar-refractivity contribution in [2.24, 2.45) is 0 Å². The summed E-state index contributed by atoms with van der Waals surface area (Å²) in [6.07, 6.45) is 5.90. The Kier molecular flexibility index (Phi) is 7.10. The largest absolute Gasteiger partial charge is 0.378 e. The number of benzene rings is 1. The molecule has 0 unspecified atom stereocenters. The van der Waals surface area contributed by atoms with E-state index in [0.29, 0.717) is 37.9 Å². The standard InChI is InChI=1S/C21H31N3O3/c1-2-24(17-8-4-3-5-9-17)20(25)16-22-19-11-7-6-10-18(19)21(26)23-12-14-27-15-13-23/h6-7,10-11,17,22H,2-5,8-9,12-16H2,1H3. The van der Waals surface area contributed by atoms with Gasteiger partial charge < -0.3 is 19.9 Å². The molecule has 0 aromatic heterocycles. The second kappa shape index (κ2) is 9.74. The van der Waals surface area contributed by atoms with Crippen LogP contribution in [0, 0.1) is 0 Å². The minimum Gasteiger partial charge on any atom is -0.378 e. The summed E-state index contributed by atoms with van der Waals surface area (Å²) >= 11 is 0. The number of likely N-dealkylation sites (N-methyl/N-ethyl adjacent to an activating group) is 1. The molecule has 0 radical (unpaired) electrons. The van der Waals surface area contributed by atoms with Gasteiger partial charge in [0.1, 0.15) is 0 Å². The maximum absolute atomic E-state index is 12.8. The van der Waals surface area contributed by atoms with Crippen LogP contribution in [0.3, 0.4) is 0 Å². The molecule has 6 heteroatoms. The molecule has 1 aromatic carbocycles. The van der Waals surface area contributed by atoms with Crippen LogP contribution in [-0.2, 0) is 9.53 Å². The highest BCUT2D eigenvalue weighted by molar-refractivity contribution is 6.00. The Balaban J connectivity index is 1.63. The Bertz CT molecular complexity index is 637. The van der Waals surface area contributed by atoms with Crippen LogP contribution in [0.5, 0.6) is 0 Å². The molecule has 0 atom stereocenters.